The Morgan fingerprint density at radius 1 is 1.20 bits per heavy atom. The van der Waals surface area contributed by atoms with Crippen molar-refractivity contribution >= 4 is 11.6 Å². The SMILES string of the molecule is Nc1nc2c(-c3cccc(C(F)(F)F)c3)nccn2n1. The summed E-state index contributed by atoms with van der Waals surface area (Å²) in [7, 11) is 0. The van der Waals surface area contributed by atoms with Crippen LogP contribution in [0, 0.1) is 0 Å². The number of rotatable bonds is 1. The van der Waals surface area contributed by atoms with Gasteiger partial charge >= 0.3 is 6.18 Å². The van der Waals surface area contributed by atoms with Crippen molar-refractivity contribution in [2.75, 3.05) is 5.73 Å². The molecule has 0 atom stereocenters. The summed E-state index contributed by atoms with van der Waals surface area (Å²) in [5.74, 6) is 0.0335. The third-order valence-electron chi connectivity index (χ3n) is 2.73. The van der Waals surface area contributed by atoms with Crippen molar-refractivity contribution < 1.29 is 13.2 Å². The summed E-state index contributed by atoms with van der Waals surface area (Å²) < 4.78 is 39.6. The highest BCUT2D eigenvalue weighted by Gasteiger charge is 2.30. The van der Waals surface area contributed by atoms with Gasteiger partial charge in [0.2, 0.25) is 5.95 Å². The molecule has 0 unspecified atom stereocenters. The standard InChI is InChI=1S/C12H8F3N5/c13-12(14,15)8-3-1-2-7(6-8)9-10-18-11(16)19-20(10)5-4-17-9/h1-6H,(H2,16,19). The lowest BCUT2D eigenvalue weighted by Gasteiger charge is -2.08. The Morgan fingerprint density at radius 3 is 2.75 bits per heavy atom. The van der Waals surface area contributed by atoms with Gasteiger partial charge in [-0.25, -0.2) is 4.52 Å². The average molecular weight is 279 g/mol. The van der Waals surface area contributed by atoms with Crippen LogP contribution < -0.4 is 5.73 Å². The summed E-state index contributed by atoms with van der Waals surface area (Å²) in [6.07, 6.45) is -1.46. The van der Waals surface area contributed by atoms with E-state index in [0.29, 0.717) is 16.9 Å². The molecule has 0 aliphatic carbocycles. The number of halogens is 3. The van der Waals surface area contributed by atoms with Crippen LogP contribution in [-0.4, -0.2) is 19.6 Å². The molecule has 8 heteroatoms. The van der Waals surface area contributed by atoms with E-state index in [9.17, 15) is 13.2 Å². The number of hydrogen-bond acceptors (Lipinski definition) is 4. The molecule has 20 heavy (non-hydrogen) atoms. The third kappa shape index (κ3) is 2.04. The zero-order valence-electron chi connectivity index (χ0n) is 9.96. The molecule has 0 saturated heterocycles. The highest BCUT2D eigenvalue weighted by Crippen LogP contribution is 2.32. The molecule has 2 N–H and O–H groups in total. The molecular weight excluding hydrogens is 271 g/mol. The zero-order chi connectivity index (χ0) is 14.3. The van der Waals surface area contributed by atoms with Gasteiger partial charge in [-0.3, -0.25) is 4.98 Å². The lowest BCUT2D eigenvalue weighted by molar-refractivity contribution is -0.137. The van der Waals surface area contributed by atoms with E-state index >= 15 is 0 Å². The summed E-state index contributed by atoms with van der Waals surface area (Å²) in [4.78, 5) is 8.03. The van der Waals surface area contributed by atoms with Crippen LogP contribution in [0.3, 0.4) is 0 Å². The lowest BCUT2D eigenvalue weighted by atomic mass is 10.1. The van der Waals surface area contributed by atoms with Gasteiger partial charge < -0.3 is 5.73 Å². The molecule has 0 aliphatic heterocycles. The fourth-order valence-corrected chi connectivity index (χ4v) is 1.88. The molecule has 102 valence electrons. The van der Waals surface area contributed by atoms with Crippen molar-refractivity contribution in [3.63, 3.8) is 0 Å². The summed E-state index contributed by atoms with van der Waals surface area (Å²) in [6.45, 7) is 0. The van der Waals surface area contributed by atoms with Crippen LogP contribution in [0.1, 0.15) is 5.56 Å². The van der Waals surface area contributed by atoms with Crippen molar-refractivity contribution in [2.45, 2.75) is 6.18 Å². The van der Waals surface area contributed by atoms with Crippen molar-refractivity contribution in [3.8, 4) is 11.3 Å². The minimum atomic E-state index is -4.41. The quantitative estimate of drug-likeness (QED) is 0.742. The predicted octanol–water partition coefficient (Wildman–Crippen LogP) is 2.39. The van der Waals surface area contributed by atoms with Gasteiger partial charge in [-0.2, -0.15) is 18.2 Å². The molecule has 2 aromatic heterocycles. The van der Waals surface area contributed by atoms with E-state index in [0.717, 1.165) is 12.1 Å². The van der Waals surface area contributed by atoms with Crippen LogP contribution in [0.2, 0.25) is 0 Å². The highest BCUT2D eigenvalue weighted by molar-refractivity contribution is 5.74. The van der Waals surface area contributed by atoms with Crippen molar-refractivity contribution in [3.05, 3.63) is 42.2 Å². The van der Waals surface area contributed by atoms with E-state index in [1.165, 1.54) is 29.0 Å². The van der Waals surface area contributed by atoms with Gasteiger partial charge in [0, 0.05) is 18.0 Å². The van der Waals surface area contributed by atoms with E-state index < -0.39 is 11.7 Å². The number of nitrogens with zero attached hydrogens (tertiary/aromatic N) is 4. The Hall–Kier alpha value is -2.64. The van der Waals surface area contributed by atoms with Gasteiger partial charge in [0.1, 0.15) is 5.69 Å². The van der Waals surface area contributed by atoms with Gasteiger partial charge in [0.05, 0.1) is 5.56 Å². The lowest BCUT2D eigenvalue weighted by Crippen LogP contribution is -2.04. The van der Waals surface area contributed by atoms with Crippen molar-refractivity contribution in [1.82, 2.24) is 19.6 Å². The summed E-state index contributed by atoms with van der Waals surface area (Å²) in [6, 6.07) is 4.88. The summed E-state index contributed by atoms with van der Waals surface area (Å²) in [5, 5.41) is 3.89. The van der Waals surface area contributed by atoms with Crippen LogP contribution in [-0.2, 0) is 6.18 Å². The summed E-state index contributed by atoms with van der Waals surface area (Å²) >= 11 is 0. The van der Waals surface area contributed by atoms with Crippen molar-refractivity contribution in [1.29, 1.82) is 0 Å². The second-order valence-electron chi connectivity index (χ2n) is 4.09. The first kappa shape index (κ1) is 12.4. The smallest absolute Gasteiger partial charge is 0.366 e. The largest absolute Gasteiger partial charge is 0.416 e. The maximum Gasteiger partial charge on any atom is 0.416 e. The van der Waals surface area contributed by atoms with Crippen LogP contribution in [0.5, 0.6) is 0 Å². The zero-order valence-corrected chi connectivity index (χ0v) is 9.96. The predicted molar refractivity (Wildman–Crippen MR) is 65.6 cm³/mol. The molecule has 0 radical (unpaired) electrons. The topological polar surface area (TPSA) is 69.1 Å². The second kappa shape index (κ2) is 4.19. The normalized spacial score (nSPS) is 11.9. The third-order valence-corrected chi connectivity index (χ3v) is 2.73. The number of aromatic nitrogens is 4. The van der Waals surface area contributed by atoms with E-state index in [1.807, 2.05) is 0 Å². The second-order valence-corrected chi connectivity index (χ2v) is 4.09. The fraction of sp³-hybridized carbons (Fsp3) is 0.0833. The van der Waals surface area contributed by atoms with Gasteiger partial charge in [0.25, 0.3) is 0 Å². The molecule has 0 aliphatic rings. The number of fused-ring (bicyclic) bond motifs is 1. The Kier molecular flexibility index (Phi) is 2.60. The van der Waals surface area contributed by atoms with E-state index in [-0.39, 0.29) is 5.95 Å². The van der Waals surface area contributed by atoms with E-state index in [1.54, 1.807) is 0 Å². The molecule has 2 heterocycles. The number of nitrogen functional groups attached to an aromatic ring is 1. The average Bonchev–Trinajstić information content (AvgIpc) is 2.77. The molecule has 3 rings (SSSR count). The van der Waals surface area contributed by atoms with Crippen molar-refractivity contribution in [2.24, 2.45) is 0 Å². The van der Waals surface area contributed by atoms with Crippen LogP contribution in [0.25, 0.3) is 16.9 Å². The van der Waals surface area contributed by atoms with Gasteiger partial charge in [-0.1, -0.05) is 12.1 Å². The Balaban J connectivity index is 2.21. The first-order valence-corrected chi connectivity index (χ1v) is 5.59. The fourth-order valence-electron chi connectivity index (χ4n) is 1.88. The first-order chi connectivity index (χ1) is 9.45. The molecule has 5 nitrogen and oxygen atoms in total. The molecule has 0 amide bonds. The van der Waals surface area contributed by atoms with Gasteiger partial charge in [0.15, 0.2) is 5.65 Å². The molecule has 0 bridgehead atoms. The van der Waals surface area contributed by atoms with Gasteiger partial charge in [-0.05, 0) is 12.1 Å². The molecule has 0 spiro atoms. The Bertz CT molecular complexity index is 778. The van der Waals surface area contributed by atoms with Gasteiger partial charge in [-0.15, -0.1) is 5.10 Å². The maximum atomic E-state index is 12.7. The van der Waals surface area contributed by atoms with E-state index in [2.05, 4.69) is 15.1 Å². The number of anilines is 1. The van der Waals surface area contributed by atoms with Crippen LogP contribution in [0.15, 0.2) is 36.7 Å². The molecule has 0 saturated carbocycles. The molecule has 1 aromatic carbocycles. The van der Waals surface area contributed by atoms with Crippen LogP contribution >= 0.6 is 0 Å². The monoisotopic (exact) mass is 279 g/mol. The Labute approximate surface area is 110 Å². The molecule has 0 fully saturated rings. The Morgan fingerprint density at radius 2 is 2.00 bits per heavy atom. The minimum Gasteiger partial charge on any atom is -0.366 e. The molecular formula is C12H8F3N5. The number of alkyl halides is 3. The van der Waals surface area contributed by atoms with Crippen LogP contribution in [0.4, 0.5) is 19.1 Å². The van der Waals surface area contributed by atoms with E-state index in [4.69, 9.17) is 5.73 Å². The molecule has 3 aromatic rings. The first-order valence-electron chi connectivity index (χ1n) is 5.59. The maximum absolute atomic E-state index is 12.7. The summed E-state index contributed by atoms with van der Waals surface area (Å²) in [5.41, 5.74) is 5.65. The highest BCUT2D eigenvalue weighted by atomic mass is 19.4. The number of benzene rings is 1. The minimum absolute atomic E-state index is 0.0335. The number of nitrogens with two attached hydrogens (primary N) is 1. The number of hydrogen-bond donors (Lipinski definition) is 1.